The van der Waals surface area contributed by atoms with Crippen LogP contribution in [0.3, 0.4) is 0 Å². The Morgan fingerprint density at radius 2 is 1.52 bits per heavy atom. The van der Waals surface area contributed by atoms with Gasteiger partial charge in [0.15, 0.2) is 5.71 Å². The number of fused-ring (bicyclic) bond motifs is 3. The molecule has 1 aliphatic heterocycles. The van der Waals surface area contributed by atoms with E-state index < -0.39 is 51.4 Å². The van der Waals surface area contributed by atoms with Crippen molar-refractivity contribution in [3.05, 3.63) is 29.8 Å². The lowest BCUT2D eigenvalue weighted by Crippen LogP contribution is -2.28. The van der Waals surface area contributed by atoms with Crippen molar-refractivity contribution in [2.45, 2.75) is 36.0 Å². The Labute approximate surface area is 167 Å². The summed E-state index contributed by atoms with van der Waals surface area (Å²) in [6.07, 6.45) is 0. The smallest absolute Gasteiger partial charge is 0.282 e. The molecular formula is C16H18NO9S3+. The number of benzene rings is 2. The predicted octanol–water partition coefficient (Wildman–Crippen LogP) is 1.57. The summed E-state index contributed by atoms with van der Waals surface area (Å²) in [6, 6.07) is 4.48. The molecule has 0 unspecified atom stereocenters. The van der Waals surface area contributed by atoms with E-state index >= 15 is 0 Å². The van der Waals surface area contributed by atoms with Crippen LogP contribution < -0.4 is 0 Å². The molecule has 0 amide bonds. The van der Waals surface area contributed by atoms with E-state index in [1.54, 1.807) is 20.8 Å². The molecule has 0 fully saturated rings. The quantitative estimate of drug-likeness (QED) is 0.449. The Balaban J connectivity index is 2.53. The van der Waals surface area contributed by atoms with E-state index in [-0.39, 0.29) is 16.5 Å². The van der Waals surface area contributed by atoms with Crippen LogP contribution in [0.5, 0.6) is 0 Å². The summed E-state index contributed by atoms with van der Waals surface area (Å²) in [4.78, 5) is -1.46. The Morgan fingerprint density at radius 3 is 2.00 bits per heavy atom. The molecule has 0 saturated heterocycles. The highest BCUT2D eigenvalue weighted by Crippen LogP contribution is 2.46. The van der Waals surface area contributed by atoms with Crippen LogP contribution in [0, 0.1) is 0 Å². The van der Waals surface area contributed by atoms with Crippen molar-refractivity contribution < 1.29 is 43.5 Å². The van der Waals surface area contributed by atoms with Crippen molar-refractivity contribution in [1.82, 2.24) is 0 Å². The molecule has 0 aromatic heterocycles. The molecule has 0 spiro atoms. The molecule has 1 heterocycles. The fourth-order valence-electron chi connectivity index (χ4n) is 3.63. The largest absolute Gasteiger partial charge is 0.326 e. The zero-order chi connectivity index (χ0) is 22.2. The highest BCUT2D eigenvalue weighted by Gasteiger charge is 2.46. The molecule has 2 aromatic carbocycles. The summed E-state index contributed by atoms with van der Waals surface area (Å²) in [5.41, 5.74) is 0.157. The lowest BCUT2D eigenvalue weighted by molar-refractivity contribution is -0.417. The van der Waals surface area contributed by atoms with Gasteiger partial charge in [0.2, 0.25) is 5.69 Å². The van der Waals surface area contributed by atoms with Gasteiger partial charge in [0.1, 0.15) is 4.90 Å². The zero-order valence-electron chi connectivity index (χ0n) is 15.5. The molecule has 10 nitrogen and oxygen atoms in total. The molecule has 13 heteroatoms. The molecule has 2 aromatic rings. The van der Waals surface area contributed by atoms with Crippen molar-refractivity contribution in [3.8, 4) is 0 Å². The maximum absolute atomic E-state index is 12.1. The van der Waals surface area contributed by atoms with Crippen LogP contribution in [-0.4, -0.2) is 55.1 Å². The third kappa shape index (κ3) is 3.69. The lowest BCUT2D eigenvalue weighted by Gasteiger charge is -2.19. The second kappa shape index (κ2) is 6.30. The first kappa shape index (κ1) is 21.8. The second-order valence-corrected chi connectivity index (χ2v) is 11.5. The zero-order valence-corrected chi connectivity index (χ0v) is 17.9. The van der Waals surface area contributed by atoms with Crippen LogP contribution in [0.25, 0.3) is 10.8 Å². The number of nitrogens with zero attached hydrogens (tertiary/aromatic N) is 1. The molecule has 0 saturated carbocycles. The number of hydrogen-bond acceptors (Lipinski definition) is 6. The van der Waals surface area contributed by atoms with E-state index in [0.29, 0.717) is 17.3 Å². The van der Waals surface area contributed by atoms with Crippen LogP contribution >= 0.6 is 0 Å². The summed E-state index contributed by atoms with van der Waals surface area (Å²) in [6.45, 7) is 4.99. The van der Waals surface area contributed by atoms with Crippen LogP contribution in [0.2, 0.25) is 0 Å². The van der Waals surface area contributed by atoms with E-state index in [1.165, 1.54) is 16.7 Å². The van der Waals surface area contributed by atoms with Crippen molar-refractivity contribution >= 4 is 52.5 Å². The summed E-state index contributed by atoms with van der Waals surface area (Å²) < 4.78 is 99.8. The SMILES string of the molecule is CC1=[N+](CS(=O)(=O)O)c2ccc3cc(S(=O)(=O)O)cc(S(=O)(=O)O)c3c2C1(C)C. The first-order valence-corrected chi connectivity index (χ1v) is 12.6. The van der Waals surface area contributed by atoms with Gasteiger partial charge in [-0.2, -0.15) is 29.8 Å². The minimum absolute atomic E-state index is 0.0143. The molecule has 3 N–H and O–H groups in total. The highest BCUT2D eigenvalue weighted by atomic mass is 32.2. The maximum atomic E-state index is 12.1. The van der Waals surface area contributed by atoms with Gasteiger partial charge in [-0.15, -0.1) is 0 Å². The molecule has 29 heavy (non-hydrogen) atoms. The topological polar surface area (TPSA) is 166 Å². The number of rotatable bonds is 4. The minimum atomic E-state index is -4.93. The normalized spacial score (nSPS) is 17.0. The van der Waals surface area contributed by atoms with Crippen molar-refractivity contribution in [3.63, 3.8) is 0 Å². The molecule has 158 valence electrons. The van der Waals surface area contributed by atoms with Crippen LogP contribution in [0.15, 0.2) is 34.1 Å². The Bertz CT molecular complexity index is 1420. The standard InChI is InChI=1S/C16H17NO9S3/c1-9-16(2,3)15-12(17(9)8-27(18,19)20)5-4-10-6-11(28(21,22)23)7-13(14(10)15)29(24,25)26/h4-7H,8H2,1-3H3,(H2-,18,19,20,21,22,23,24,25,26)/p+1. The van der Waals surface area contributed by atoms with Gasteiger partial charge in [-0.3, -0.25) is 13.7 Å². The van der Waals surface area contributed by atoms with Gasteiger partial charge in [-0.25, -0.2) is 0 Å². The van der Waals surface area contributed by atoms with E-state index in [4.69, 9.17) is 0 Å². The Hall–Kier alpha value is -1.90. The fourth-order valence-corrected chi connectivity index (χ4v) is 5.66. The second-order valence-electron chi connectivity index (χ2n) is 7.28. The fraction of sp³-hybridized carbons (Fsp3) is 0.312. The maximum Gasteiger partial charge on any atom is 0.326 e. The molecule has 0 atom stereocenters. The highest BCUT2D eigenvalue weighted by molar-refractivity contribution is 7.87. The molecule has 3 rings (SSSR count). The third-order valence-electron chi connectivity index (χ3n) is 5.13. The van der Waals surface area contributed by atoms with Crippen molar-refractivity contribution in [2.24, 2.45) is 0 Å². The Morgan fingerprint density at radius 1 is 0.931 bits per heavy atom. The van der Waals surface area contributed by atoms with Crippen molar-refractivity contribution in [2.75, 3.05) is 5.88 Å². The van der Waals surface area contributed by atoms with Gasteiger partial charge in [-0.1, -0.05) is 0 Å². The average Bonchev–Trinajstić information content (AvgIpc) is 2.71. The lowest BCUT2D eigenvalue weighted by atomic mass is 9.80. The van der Waals surface area contributed by atoms with Crippen LogP contribution in [0.1, 0.15) is 26.3 Å². The molecular weight excluding hydrogens is 446 g/mol. The van der Waals surface area contributed by atoms with Gasteiger partial charge >= 0.3 is 10.1 Å². The van der Waals surface area contributed by atoms with Gasteiger partial charge in [0.25, 0.3) is 26.1 Å². The summed E-state index contributed by atoms with van der Waals surface area (Å²) in [5.74, 6) is -0.773. The predicted molar refractivity (Wildman–Crippen MR) is 104 cm³/mol. The van der Waals surface area contributed by atoms with Gasteiger partial charge < -0.3 is 0 Å². The van der Waals surface area contributed by atoms with E-state index in [0.717, 1.165) is 6.07 Å². The van der Waals surface area contributed by atoms with Crippen LogP contribution in [0.4, 0.5) is 5.69 Å². The average molecular weight is 465 g/mol. The molecule has 0 aliphatic carbocycles. The molecule has 1 aliphatic rings. The Kier molecular flexibility index (Phi) is 4.73. The first-order chi connectivity index (χ1) is 12.9. The minimum Gasteiger partial charge on any atom is -0.282 e. The van der Waals surface area contributed by atoms with Crippen molar-refractivity contribution in [1.29, 1.82) is 0 Å². The van der Waals surface area contributed by atoms with Gasteiger partial charge in [-0.05, 0) is 37.4 Å². The molecule has 0 bridgehead atoms. The first-order valence-electron chi connectivity index (χ1n) is 8.07. The summed E-state index contributed by atoms with van der Waals surface area (Å²) >= 11 is 0. The number of hydrogen-bond donors (Lipinski definition) is 3. The summed E-state index contributed by atoms with van der Waals surface area (Å²) in [5, 5.41) is 0.0840. The van der Waals surface area contributed by atoms with E-state index in [9.17, 15) is 38.9 Å². The van der Waals surface area contributed by atoms with E-state index in [2.05, 4.69) is 0 Å². The van der Waals surface area contributed by atoms with Gasteiger partial charge in [0.05, 0.1) is 10.3 Å². The monoisotopic (exact) mass is 464 g/mol. The molecule has 0 radical (unpaired) electrons. The van der Waals surface area contributed by atoms with E-state index in [1.807, 2.05) is 0 Å². The summed E-state index contributed by atoms with van der Waals surface area (Å²) in [7, 11) is -14.1. The van der Waals surface area contributed by atoms with Gasteiger partial charge in [0, 0.05) is 23.9 Å². The third-order valence-corrected chi connectivity index (χ3v) is 7.42. The van der Waals surface area contributed by atoms with Crippen LogP contribution in [-0.2, 0) is 35.8 Å².